The summed E-state index contributed by atoms with van der Waals surface area (Å²) in [5, 5.41) is 3.14. The summed E-state index contributed by atoms with van der Waals surface area (Å²) < 4.78 is 24.6. The Bertz CT molecular complexity index is 857. The molecule has 0 unspecified atom stereocenters. The molecule has 0 radical (unpaired) electrons. The van der Waals surface area contributed by atoms with Crippen molar-refractivity contribution in [3.8, 4) is 22.8 Å². The minimum atomic E-state index is -0.430. The highest BCUT2D eigenvalue weighted by Gasteiger charge is 2.13. The largest absolute Gasteiger partial charge is 0.365 e. The zero-order valence-corrected chi connectivity index (χ0v) is 14.5. The van der Waals surface area contributed by atoms with Gasteiger partial charge in [-0.15, -0.1) is 0 Å². The van der Waals surface area contributed by atoms with Crippen LogP contribution in [-0.2, 0) is 9.47 Å². The van der Waals surface area contributed by atoms with Crippen LogP contribution in [0.5, 0.6) is 0 Å². The van der Waals surface area contributed by atoms with Gasteiger partial charge in [0.2, 0.25) is 0 Å². The van der Waals surface area contributed by atoms with Crippen LogP contribution in [0.3, 0.4) is 0 Å². The number of halogens is 1. The fraction of sp³-hybridized carbons (Fsp3) is 0.211. The monoisotopic (exact) mass is 354 g/mol. The second-order valence-electron chi connectivity index (χ2n) is 5.44. The van der Waals surface area contributed by atoms with E-state index in [0.29, 0.717) is 35.1 Å². The van der Waals surface area contributed by atoms with Gasteiger partial charge in [-0.1, -0.05) is 18.2 Å². The number of benzene rings is 1. The Morgan fingerprint density at radius 1 is 1.00 bits per heavy atom. The van der Waals surface area contributed by atoms with Crippen LogP contribution in [0.1, 0.15) is 0 Å². The van der Waals surface area contributed by atoms with Crippen molar-refractivity contribution in [3.63, 3.8) is 0 Å². The molecule has 7 heteroatoms. The summed E-state index contributed by atoms with van der Waals surface area (Å²) in [6, 6.07) is 13.6. The molecule has 0 bridgehead atoms. The van der Waals surface area contributed by atoms with Crippen LogP contribution in [0.4, 0.5) is 10.2 Å². The van der Waals surface area contributed by atoms with Gasteiger partial charge in [0, 0.05) is 32.0 Å². The normalized spacial score (nSPS) is 10.9. The molecule has 2 aromatic heterocycles. The molecule has 0 aliphatic carbocycles. The Balaban J connectivity index is 2.01. The molecule has 6 nitrogen and oxygen atoms in total. The zero-order chi connectivity index (χ0) is 18.4. The maximum Gasteiger partial charge on any atom is 0.180 e. The molecule has 1 aromatic carbocycles. The second-order valence-corrected chi connectivity index (χ2v) is 5.44. The van der Waals surface area contributed by atoms with Gasteiger partial charge in [-0.25, -0.2) is 14.4 Å². The van der Waals surface area contributed by atoms with E-state index < -0.39 is 6.29 Å². The van der Waals surface area contributed by atoms with Crippen molar-refractivity contribution in [1.29, 1.82) is 0 Å². The van der Waals surface area contributed by atoms with E-state index in [1.165, 1.54) is 6.07 Å². The van der Waals surface area contributed by atoms with Crippen molar-refractivity contribution < 1.29 is 13.9 Å². The van der Waals surface area contributed by atoms with E-state index in [1.54, 1.807) is 50.7 Å². The Labute approximate surface area is 151 Å². The van der Waals surface area contributed by atoms with Crippen LogP contribution in [0.15, 0.2) is 54.7 Å². The summed E-state index contributed by atoms with van der Waals surface area (Å²) in [6.07, 6.45) is 1.23. The predicted octanol–water partition coefficient (Wildman–Crippen LogP) is 3.38. The van der Waals surface area contributed by atoms with Gasteiger partial charge in [0.05, 0.1) is 12.2 Å². The minimum Gasteiger partial charge on any atom is -0.365 e. The maximum absolute atomic E-state index is 14.2. The molecule has 2 heterocycles. The number of anilines is 1. The molecule has 26 heavy (non-hydrogen) atoms. The average molecular weight is 354 g/mol. The lowest BCUT2D eigenvalue weighted by Crippen LogP contribution is -2.24. The summed E-state index contributed by atoms with van der Waals surface area (Å²) in [7, 11) is 3.11. The van der Waals surface area contributed by atoms with Crippen molar-refractivity contribution in [2.24, 2.45) is 0 Å². The van der Waals surface area contributed by atoms with E-state index in [0.717, 1.165) is 0 Å². The van der Waals surface area contributed by atoms with Gasteiger partial charge in [0.25, 0.3) is 0 Å². The lowest BCUT2D eigenvalue weighted by atomic mass is 10.1. The van der Waals surface area contributed by atoms with Gasteiger partial charge in [0.15, 0.2) is 12.1 Å². The Hall–Kier alpha value is -2.90. The summed E-state index contributed by atoms with van der Waals surface area (Å²) in [5.41, 5.74) is 1.46. The molecule has 0 spiro atoms. The van der Waals surface area contributed by atoms with E-state index in [4.69, 9.17) is 9.47 Å². The SMILES string of the molecule is COC(CNc1cc(-c2ccccc2F)nc(-c2ccccn2)n1)OC. The second kappa shape index (κ2) is 8.46. The molecular formula is C19H19FN4O2. The summed E-state index contributed by atoms with van der Waals surface area (Å²) in [5.74, 6) is 0.578. The number of nitrogens with zero attached hydrogens (tertiary/aromatic N) is 3. The van der Waals surface area contributed by atoms with Crippen molar-refractivity contribution >= 4 is 5.82 Å². The first kappa shape index (κ1) is 17.9. The summed E-state index contributed by atoms with van der Waals surface area (Å²) in [4.78, 5) is 13.2. The van der Waals surface area contributed by atoms with Gasteiger partial charge in [0.1, 0.15) is 17.3 Å². The van der Waals surface area contributed by atoms with E-state index in [2.05, 4.69) is 20.3 Å². The van der Waals surface area contributed by atoms with Crippen molar-refractivity contribution in [2.45, 2.75) is 6.29 Å². The molecule has 0 saturated carbocycles. The smallest absolute Gasteiger partial charge is 0.180 e. The molecule has 1 N–H and O–H groups in total. The van der Waals surface area contributed by atoms with E-state index in [-0.39, 0.29) is 5.82 Å². The quantitative estimate of drug-likeness (QED) is 0.656. The number of nitrogens with one attached hydrogen (secondary N) is 1. The van der Waals surface area contributed by atoms with Crippen LogP contribution in [-0.4, -0.2) is 42.0 Å². The third kappa shape index (κ3) is 4.19. The number of pyridine rings is 1. The van der Waals surface area contributed by atoms with Crippen LogP contribution in [0.2, 0.25) is 0 Å². The number of aromatic nitrogens is 3. The molecule has 0 atom stereocenters. The third-order valence-corrected chi connectivity index (χ3v) is 3.75. The molecule has 0 fully saturated rings. The highest BCUT2D eigenvalue weighted by atomic mass is 19.1. The first-order valence-corrected chi connectivity index (χ1v) is 8.06. The maximum atomic E-state index is 14.2. The fourth-order valence-corrected chi connectivity index (χ4v) is 2.41. The first-order valence-electron chi connectivity index (χ1n) is 8.06. The molecule has 0 aliphatic heterocycles. The topological polar surface area (TPSA) is 69.2 Å². The standard InChI is InChI=1S/C19H19FN4O2/c1-25-18(26-2)12-22-17-11-16(13-7-3-4-8-14(13)20)23-19(24-17)15-9-5-6-10-21-15/h3-11,18H,12H2,1-2H3,(H,22,23,24). The van der Waals surface area contributed by atoms with Crippen molar-refractivity contribution in [2.75, 3.05) is 26.1 Å². The molecule has 3 aromatic rings. The van der Waals surface area contributed by atoms with Crippen LogP contribution >= 0.6 is 0 Å². The van der Waals surface area contributed by atoms with Gasteiger partial charge >= 0.3 is 0 Å². The number of ether oxygens (including phenoxy) is 2. The van der Waals surface area contributed by atoms with Crippen molar-refractivity contribution in [3.05, 3.63) is 60.5 Å². The van der Waals surface area contributed by atoms with Crippen LogP contribution in [0, 0.1) is 5.82 Å². The third-order valence-electron chi connectivity index (χ3n) is 3.75. The number of rotatable bonds is 7. The predicted molar refractivity (Wildman–Crippen MR) is 97.0 cm³/mol. The minimum absolute atomic E-state index is 0.351. The van der Waals surface area contributed by atoms with Gasteiger partial charge in [-0.05, 0) is 24.3 Å². The molecule has 0 aliphatic rings. The number of hydrogen-bond donors (Lipinski definition) is 1. The van der Waals surface area contributed by atoms with Crippen LogP contribution < -0.4 is 5.32 Å². The summed E-state index contributed by atoms with van der Waals surface area (Å²) in [6.45, 7) is 0.377. The lowest BCUT2D eigenvalue weighted by molar-refractivity contribution is -0.0914. The molecule has 134 valence electrons. The Morgan fingerprint density at radius 3 is 2.46 bits per heavy atom. The van der Waals surface area contributed by atoms with Crippen LogP contribution in [0.25, 0.3) is 22.8 Å². The molecular weight excluding hydrogens is 335 g/mol. The van der Waals surface area contributed by atoms with Crippen molar-refractivity contribution in [1.82, 2.24) is 15.0 Å². The highest BCUT2D eigenvalue weighted by molar-refractivity contribution is 5.66. The Morgan fingerprint density at radius 2 is 1.77 bits per heavy atom. The van der Waals surface area contributed by atoms with E-state index in [9.17, 15) is 4.39 Å². The average Bonchev–Trinajstić information content (AvgIpc) is 2.69. The van der Waals surface area contributed by atoms with Gasteiger partial charge in [-0.3, -0.25) is 4.98 Å². The highest BCUT2D eigenvalue weighted by Crippen LogP contribution is 2.25. The van der Waals surface area contributed by atoms with E-state index >= 15 is 0 Å². The Kier molecular flexibility index (Phi) is 5.83. The molecule has 0 saturated heterocycles. The lowest BCUT2D eigenvalue weighted by Gasteiger charge is -2.15. The number of methoxy groups -OCH3 is 2. The number of hydrogen-bond acceptors (Lipinski definition) is 6. The van der Waals surface area contributed by atoms with Gasteiger partial charge in [-0.2, -0.15) is 0 Å². The first-order chi connectivity index (χ1) is 12.7. The zero-order valence-electron chi connectivity index (χ0n) is 14.5. The molecule has 3 rings (SSSR count). The van der Waals surface area contributed by atoms with E-state index in [1.807, 2.05) is 12.1 Å². The van der Waals surface area contributed by atoms with Gasteiger partial charge < -0.3 is 14.8 Å². The molecule has 0 amide bonds. The fourth-order valence-electron chi connectivity index (χ4n) is 2.41. The summed E-state index contributed by atoms with van der Waals surface area (Å²) >= 11 is 0.